The highest BCUT2D eigenvalue weighted by molar-refractivity contribution is 7.89. The van der Waals surface area contributed by atoms with Crippen LogP contribution >= 0.6 is 0 Å². The number of carboxylic acids is 1. The molecular formula is C17H17BN2O7S. The zero-order valence-corrected chi connectivity index (χ0v) is 15.5. The number of rotatable bonds is 5. The minimum Gasteiger partial charge on any atom is -0.535 e. The highest BCUT2D eigenvalue weighted by Crippen LogP contribution is 2.37. The minimum absolute atomic E-state index is 0.0868. The van der Waals surface area contributed by atoms with Crippen LogP contribution < -0.4 is 9.39 Å². The molecule has 1 fully saturated rings. The molecule has 146 valence electrons. The van der Waals surface area contributed by atoms with Gasteiger partial charge in [-0.1, -0.05) is 6.07 Å². The van der Waals surface area contributed by atoms with Crippen molar-refractivity contribution >= 4 is 23.1 Å². The summed E-state index contributed by atoms with van der Waals surface area (Å²) >= 11 is 0. The number of fused-ring (bicyclic) bond motifs is 1. The van der Waals surface area contributed by atoms with Crippen LogP contribution in [0.5, 0.6) is 11.5 Å². The summed E-state index contributed by atoms with van der Waals surface area (Å²) in [5.41, 5.74) is 0.522. The van der Waals surface area contributed by atoms with E-state index < -0.39 is 29.2 Å². The van der Waals surface area contributed by atoms with Crippen LogP contribution in [-0.2, 0) is 16.4 Å². The molecule has 28 heavy (non-hydrogen) atoms. The zero-order valence-electron chi connectivity index (χ0n) is 14.7. The molecule has 2 aliphatic heterocycles. The fourth-order valence-corrected chi connectivity index (χ4v) is 4.68. The summed E-state index contributed by atoms with van der Waals surface area (Å²) in [5, 5.41) is 19.3. The lowest BCUT2D eigenvalue weighted by molar-refractivity contribution is 0.0632. The van der Waals surface area contributed by atoms with Gasteiger partial charge < -0.3 is 19.5 Å². The molecule has 1 saturated heterocycles. The molecule has 0 radical (unpaired) electrons. The molecule has 2 N–H and O–H groups in total. The van der Waals surface area contributed by atoms with Crippen molar-refractivity contribution < 1.29 is 32.7 Å². The van der Waals surface area contributed by atoms with Gasteiger partial charge in [0.1, 0.15) is 28.1 Å². The van der Waals surface area contributed by atoms with Gasteiger partial charge in [-0.2, -0.15) is 4.31 Å². The van der Waals surface area contributed by atoms with E-state index in [1.807, 2.05) is 0 Å². The number of hydrogen-bond acceptors (Lipinski definition) is 7. The van der Waals surface area contributed by atoms with Gasteiger partial charge in [0.25, 0.3) is 0 Å². The number of carboxylic acid groups (broad SMARTS) is 1. The normalized spacial score (nSPS) is 17.4. The maximum atomic E-state index is 12.5. The number of sulfonamides is 1. The Hall–Kier alpha value is -2.63. The molecule has 0 unspecified atom stereocenters. The van der Waals surface area contributed by atoms with Crippen molar-refractivity contribution in [3.63, 3.8) is 0 Å². The second-order valence-corrected chi connectivity index (χ2v) is 8.53. The van der Waals surface area contributed by atoms with Crippen molar-refractivity contribution in [3.8, 4) is 11.5 Å². The molecule has 0 spiro atoms. The van der Waals surface area contributed by atoms with E-state index in [9.17, 15) is 23.3 Å². The van der Waals surface area contributed by atoms with Gasteiger partial charge in [-0.15, -0.1) is 0 Å². The minimum atomic E-state index is -3.66. The first-order valence-corrected chi connectivity index (χ1v) is 10.1. The number of benzene rings is 1. The predicted octanol–water partition coefficient (Wildman–Crippen LogP) is 0.647. The molecule has 0 saturated carbocycles. The number of hydrogen-bond donors (Lipinski definition) is 2. The largest absolute Gasteiger partial charge is 0.535 e. The maximum absolute atomic E-state index is 12.5. The molecule has 2 aliphatic rings. The van der Waals surface area contributed by atoms with E-state index in [-0.39, 0.29) is 35.0 Å². The van der Waals surface area contributed by atoms with Gasteiger partial charge in [-0.3, -0.25) is 4.98 Å². The molecule has 0 atom stereocenters. The lowest BCUT2D eigenvalue weighted by atomic mass is 9.78. The molecular weight excluding hydrogens is 387 g/mol. The summed E-state index contributed by atoms with van der Waals surface area (Å²) in [6.45, 7) is 0.188. The molecule has 1 aromatic carbocycles. The second kappa shape index (κ2) is 7.08. The average molecular weight is 404 g/mol. The number of aryl methyl sites for hydroxylation is 1. The summed E-state index contributed by atoms with van der Waals surface area (Å²) in [5.74, 6) is -1.05. The summed E-state index contributed by atoms with van der Waals surface area (Å²) in [4.78, 5) is 15.7. The summed E-state index contributed by atoms with van der Waals surface area (Å²) in [6.07, 6.45) is 3.16. The zero-order chi connectivity index (χ0) is 19.9. The maximum Gasteiger partial charge on any atom is 0.522 e. The molecule has 0 amide bonds. The fraction of sp³-hybridized carbons (Fsp3) is 0.294. The Morgan fingerprint density at radius 1 is 1.32 bits per heavy atom. The third-order valence-electron chi connectivity index (χ3n) is 4.71. The molecule has 2 aromatic rings. The third-order valence-corrected chi connectivity index (χ3v) is 6.52. The standard InChI is InChI=1S/C17H17BN2O7S/c21-17(22)15-14(4-3-11-5-6-18(23)27-16(11)15)26-12-9-20(10-12)28(24,25)13-2-1-7-19-8-13/h1-4,7-8,12,23H,5-6,9-10H2,(H,21,22). The topological polar surface area (TPSA) is 126 Å². The Bertz CT molecular complexity index is 1010. The molecule has 4 rings (SSSR count). The van der Waals surface area contributed by atoms with E-state index in [0.717, 1.165) is 0 Å². The van der Waals surface area contributed by atoms with Gasteiger partial charge in [-0.25, -0.2) is 13.2 Å². The van der Waals surface area contributed by atoms with Crippen molar-refractivity contribution in [1.29, 1.82) is 0 Å². The Morgan fingerprint density at radius 2 is 2.11 bits per heavy atom. The lowest BCUT2D eigenvalue weighted by Crippen LogP contribution is -2.56. The summed E-state index contributed by atoms with van der Waals surface area (Å²) in [6, 6.07) is 6.25. The SMILES string of the molecule is O=C(O)c1c(OC2CN(S(=O)(=O)c3cccnc3)C2)ccc2c1OB(O)CC2. The number of carbonyl (C=O) groups is 1. The van der Waals surface area contributed by atoms with E-state index in [2.05, 4.69) is 4.98 Å². The number of aromatic carboxylic acids is 1. The Labute approximate surface area is 161 Å². The van der Waals surface area contributed by atoms with Gasteiger partial charge in [0.15, 0.2) is 0 Å². The van der Waals surface area contributed by atoms with E-state index >= 15 is 0 Å². The number of ether oxygens (including phenoxy) is 1. The van der Waals surface area contributed by atoms with Crippen molar-refractivity contribution in [2.45, 2.75) is 23.7 Å². The van der Waals surface area contributed by atoms with Crippen LogP contribution in [0, 0.1) is 0 Å². The second-order valence-electron chi connectivity index (χ2n) is 6.59. The average Bonchev–Trinajstić information content (AvgIpc) is 2.64. The Morgan fingerprint density at radius 3 is 2.79 bits per heavy atom. The number of pyridine rings is 1. The molecule has 1 aromatic heterocycles. The highest BCUT2D eigenvalue weighted by Gasteiger charge is 2.39. The van der Waals surface area contributed by atoms with Crippen molar-refractivity contribution in [3.05, 3.63) is 47.8 Å². The molecule has 0 bridgehead atoms. The molecule has 9 nitrogen and oxygen atoms in total. The van der Waals surface area contributed by atoms with Crippen LogP contribution in [-0.4, -0.2) is 60.1 Å². The fourth-order valence-electron chi connectivity index (χ4n) is 3.21. The molecule has 0 aliphatic carbocycles. The van der Waals surface area contributed by atoms with Gasteiger partial charge in [0, 0.05) is 12.4 Å². The molecule has 3 heterocycles. The summed E-state index contributed by atoms with van der Waals surface area (Å²) in [7, 11) is -4.72. The predicted molar refractivity (Wildman–Crippen MR) is 97.9 cm³/mol. The van der Waals surface area contributed by atoms with Gasteiger partial charge in [0.05, 0.1) is 13.1 Å². The first kappa shape index (κ1) is 18.7. The first-order valence-electron chi connectivity index (χ1n) is 8.67. The number of nitrogens with zero attached hydrogens (tertiary/aromatic N) is 2. The van der Waals surface area contributed by atoms with Gasteiger partial charge in [0.2, 0.25) is 10.0 Å². The summed E-state index contributed by atoms with van der Waals surface area (Å²) < 4.78 is 37.3. The van der Waals surface area contributed by atoms with Crippen LogP contribution in [0.2, 0.25) is 6.32 Å². The van der Waals surface area contributed by atoms with Crippen molar-refractivity contribution in [1.82, 2.24) is 9.29 Å². The van der Waals surface area contributed by atoms with Crippen LogP contribution in [0.1, 0.15) is 15.9 Å². The Balaban J connectivity index is 1.51. The van der Waals surface area contributed by atoms with E-state index in [4.69, 9.17) is 9.39 Å². The van der Waals surface area contributed by atoms with Crippen molar-refractivity contribution in [2.75, 3.05) is 13.1 Å². The van der Waals surface area contributed by atoms with E-state index in [0.29, 0.717) is 18.3 Å². The van der Waals surface area contributed by atoms with Crippen LogP contribution in [0.3, 0.4) is 0 Å². The smallest absolute Gasteiger partial charge is 0.522 e. The lowest BCUT2D eigenvalue weighted by Gasteiger charge is -2.38. The molecule has 11 heteroatoms. The quantitative estimate of drug-likeness (QED) is 0.696. The first-order chi connectivity index (χ1) is 13.4. The van der Waals surface area contributed by atoms with Crippen molar-refractivity contribution in [2.24, 2.45) is 0 Å². The Kier molecular flexibility index (Phi) is 4.73. The van der Waals surface area contributed by atoms with Gasteiger partial charge in [-0.05, 0) is 36.5 Å². The van der Waals surface area contributed by atoms with Crippen LogP contribution in [0.25, 0.3) is 0 Å². The van der Waals surface area contributed by atoms with Crippen LogP contribution in [0.4, 0.5) is 0 Å². The van der Waals surface area contributed by atoms with E-state index in [1.165, 1.54) is 22.8 Å². The highest BCUT2D eigenvalue weighted by atomic mass is 32.2. The third kappa shape index (κ3) is 3.32. The number of aromatic nitrogens is 1. The van der Waals surface area contributed by atoms with E-state index in [1.54, 1.807) is 18.2 Å². The van der Waals surface area contributed by atoms with Gasteiger partial charge >= 0.3 is 13.1 Å². The monoisotopic (exact) mass is 404 g/mol. The van der Waals surface area contributed by atoms with Crippen LogP contribution in [0.15, 0.2) is 41.6 Å².